The quantitative estimate of drug-likeness (QED) is 0.814. The third-order valence-corrected chi connectivity index (χ3v) is 5.06. The van der Waals surface area contributed by atoms with E-state index in [0.717, 1.165) is 10.2 Å². The molecule has 0 atom stereocenters. The van der Waals surface area contributed by atoms with Crippen molar-refractivity contribution in [1.29, 1.82) is 0 Å². The van der Waals surface area contributed by atoms with Crippen molar-refractivity contribution >= 4 is 27.7 Å². The first-order chi connectivity index (χ1) is 12.3. The van der Waals surface area contributed by atoms with Gasteiger partial charge in [-0.25, -0.2) is 14.4 Å². The van der Waals surface area contributed by atoms with Crippen molar-refractivity contribution in [2.45, 2.75) is 32.4 Å². The number of rotatable bonds is 4. The van der Waals surface area contributed by atoms with Crippen molar-refractivity contribution in [3.8, 4) is 0 Å². The normalized spacial score (nSPS) is 16.4. The Morgan fingerprint density at radius 2 is 2.00 bits per heavy atom. The van der Waals surface area contributed by atoms with Crippen LogP contribution in [0.15, 0.2) is 34.8 Å². The Kier molecular flexibility index (Phi) is 5.55. The molecule has 0 saturated carbocycles. The largest absolute Gasteiger partial charge is 0.367 e. The van der Waals surface area contributed by atoms with E-state index in [9.17, 15) is 4.79 Å². The SMILES string of the molecule is Cc1cc(NCC2(F)CCN(C(=O)c3cccc(Br)c3)CC2)nc(C)n1. The number of nitrogens with one attached hydrogen (secondary N) is 1. The van der Waals surface area contributed by atoms with Gasteiger partial charge in [0.1, 0.15) is 17.3 Å². The number of benzene rings is 1. The number of piperidine rings is 1. The lowest BCUT2D eigenvalue weighted by atomic mass is 9.92. The van der Waals surface area contributed by atoms with Gasteiger partial charge in [0, 0.05) is 47.7 Å². The summed E-state index contributed by atoms with van der Waals surface area (Å²) in [5, 5.41) is 3.08. The predicted molar refractivity (Wildman–Crippen MR) is 103 cm³/mol. The number of alkyl halides is 1. The zero-order chi connectivity index (χ0) is 18.7. The van der Waals surface area contributed by atoms with Gasteiger partial charge in [-0.15, -0.1) is 0 Å². The molecule has 1 fully saturated rings. The number of amides is 1. The highest BCUT2D eigenvalue weighted by Gasteiger charge is 2.36. The molecule has 0 unspecified atom stereocenters. The van der Waals surface area contributed by atoms with Crippen molar-refractivity contribution in [2.75, 3.05) is 25.0 Å². The van der Waals surface area contributed by atoms with Gasteiger partial charge in [0.2, 0.25) is 0 Å². The van der Waals surface area contributed by atoms with E-state index >= 15 is 4.39 Å². The van der Waals surface area contributed by atoms with E-state index in [-0.39, 0.29) is 12.5 Å². The average molecular weight is 421 g/mol. The van der Waals surface area contributed by atoms with Crippen LogP contribution in [-0.2, 0) is 0 Å². The second kappa shape index (κ2) is 7.70. The molecule has 3 rings (SSSR count). The van der Waals surface area contributed by atoms with Crippen molar-refractivity contribution in [2.24, 2.45) is 0 Å². The molecule has 0 spiro atoms. The number of likely N-dealkylation sites (tertiary alicyclic amines) is 1. The van der Waals surface area contributed by atoms with Gasteiger partial charge in [0.25, 0.3) is 5.91 Å². The Hall–Kier alpha value is -2.02. The smallest absolute Gasteiger partial charge is 0.253 e. The number of carbonyl (C=O) groups excluding carboxylic acids is 1. The Bertz CT molecular complexity index is 786. The Morgan fingerprint density at radius 1 is 1.27 bits per heavy atom. The van der Waals surface area contributed by atoms with Gasteiger partial charge in [-0.05, 0) is 32.0 Å². The van der Waals surface area contributed by atoms with E-state index in [2.05, 4.69) is 31.2 Å². The van der Waals surface area contributed by atoms with E-state index in [1.807, 2.05) is 32.0 Å². The third-order valence-electron chi connectivity index (χ3n) is 4.57. The van der Waals surface area contributed by atoms with Gasteiger partial charge in [0.15, 0.2) is 0 Å². The maximum atomic E-state index is 15.1. The summed E-state index contributed by atoms with van der Waals surface area (Å²) in [4.78, 5) is 22.8. The van der Waals surface area contributed by atoms with E-state index in [4.69, 9.17) is 0 Å². The highest BCUT2D eigenvalue weighted by molar-refractivity contribution is 9.10. The van der Waals surface area contributed by atoms with Crippen molar-refractivity contribution in [3.05, 3.63) is 51.9 Å². The molecule has 2 aromatic rings. The fourth-order valence-corrected chi connectivity index (χ4v) is 3.55. The highest BCUT2D eigenvalue weighted by atomic mass is 79.9. The molecule has 0 aliphatic carbocycles. The number of hydrogen-bond donors (Lipinski definition) is 1. The van der Waals surface area contributed by atoms with E-state index in [1.54, 1.807) is 17.0 Å². The maximum Gasteiger partial charge on any atom is 0.253 e. The Morgan fingerprint density at radius 3 is 2.65 bits per heavy atom. The highest BCUT2D eigenvalue weighted by Crippen LogP contribution is 2.28. The number of nitrogens with zero attached hydrogens (tertiary/aromatic N) is 3. The second-order valence-corrected chi connectivity index (χ2v) is 7.66. The van der Waals surface area contributed by atoms with Gasteiger partial charge >= 0.3 is 0 Å². The van der Waals surface area contributed by atoms with Crippen LogP contribution in [0.5, 0.6) is 0 Å². The van der Waals surface area contributed by atoms with Gasteiger partial charge < -0.3 is 10.2 Å². The summed E-state index contributed by atoms with van der Waals surface area (Å²) < 4.78 is 16.0. The summed E-state index contributed by atoms with van der Waals surface area (Å²) >= 11 is 3.38. The summed E-state index contributed by atoms with van der Waals surface area (Å²) in [6.07, 6.45) is 0.617. The van der Waals surface area contributed by atoms with Gasteiger partial charge in [-0.3, -0.25) is 4.79 Å². The van der Waals surface area contributed by atoms with E-state index < -0.39 is 5.67 Å². The van der Waals surface area contributed by atoms with Crippen molar-refractivity contribution < 1.29 is 9.18 Å². The lowest BCUT2D eigenvalue weighted by Gasteiger charge is -2.36. The van der Waals surface area contributed by atoms with Crippen molar-refractivity contribution in [1.82, 2.24) is 14.9 Å². The summed E-state index contributed by atoms with van der Waals surface area (Å²) in [7, 11) is 0. The molecule has 1 amide bonds. The topological polar surface area (TPSA) is 58.1 Å². The molecule has 1 N–H and O–H groups in total. The molecule has 1 aromatic carbocycles. The molecule has 138 valence electrons. The zero-order valence-corrected chi connectivity index (χ0v) is 16.5. The average Bonchev–Trinajstić information content (AvgIpc) is 2.59. The maximum absolute atomic E-state index is 15.1. The lowest BCUT2D eigenvalue weighted by molar-refractivity contribution is 0.0483. The van der Waals surface area contributed by atoms with Crippen molar-refractivity contribution in [3.63, 3.8) is 0 Å². The fourth-order valence-electron chi connectivity index (χ4n) is 3.15. The van der Waals surface area contributed by atoms with Crippen LogP contribution in [0, 0.1) is 13.8 Å². The van der Waals surface area contributed by atoms with Gasteiger partial charge in [-0.2, -0.15) is 0 Å². The minimum Gasteiger partial charge on any atom is -0.367 e. The first-order valence-corrected chi connectivity index (χ1v) is 9.44. The molecule has 0 bridgehead atoms. The molecule has 1 aromatic heterocycles. The van der Waals surface area contributed by atoms with Crippen LogP contribution < -0.4 is 5.32 Å². The first-order valence-electron chi connectivity index (χ1n) is 8.65. The predicted octanol–water partition coefficient (Wildman–Crippen LogP) is 3.91. The summed E-state index contributed by atoms with van der Waals surface area (Å²) in [6, 6.07) is 9.09. The summed E-state index contributed by atoms with van der Waals surface area (Å²) in [5.41, 5.74) is 0.124. The third kappa shape index (κ3) is 4.58. The number of halogens is 2. The van der Waals surface area contributed by atoms with Crippen LogP contribution >= 0.6 is 15.9 Å². The molecule has 1 aliphatic rings. The molecular formula is C19H22BrFN4O. The standard InChI is InChI=1S/C19H22BrFN4O/c1-13-10-17(24-14(2)23-13)22-12-19(21)6-8-25(9-7-19)18(26)15-4-3-5-16(20)11-15/h3-5,10-11H,6-9,12H2,1-2H3,(H,22,23,24). The number of aromatic nitrogens is 2. The van der Waals surface area contributed by atoms with E-state index in [0.29, 0.717) is 43.1 Å². The molecule has 1 aliphatic heterocycles. The Balaban J connectivity index is 1.57. The van der Waals surface area contributed by atoms with Crippen LogP contribution in [0.3, 0.4) is 0 Å². The lowest BCUT2D eigenvalue weighted by Crippen LogP contribution is -2.47. The zero-order valence-electron chi connectivity index (χ0n) is 14.9. The number of hydrogen-bond acceptors (Lipinski definition) is 4. The van der Waals surface area contributed by atoms with Crippen LogP contribution in [0.4, 0.5) is 10.2 Å². The van der Waals surface area contributed by atoms with Crippen LogP contribution in [0.1, 0.15) is 34.7 Å². The van der Waals surface area contributed by atoms with Gasteiger partial charge in [-0.1, -0.05) is 22.0 Å². The molecule has 0 radical (unpaired) electrons. The molecule has 1 saturated heterocycles. The minimum atomic E-state index is -1.35. The van der Waals surface area contributed by atoms with Crippen LogP contribution in [0.25, 0.3) is 0 Å². The molecule has 5 nitrogen and oxygen atoms in total. The van der Waals surface area contributed by atoms with E-state index in [1.165, 1.54) is 0 Å². The van der Waals surface area contributed by atoms with Crippen LogP contribution in [0.2, 0.25) is 0 Å². The number of carbonyl (C=O) groups is 1. The second-order valence-electron chi connectivity index (χ2n) is 6.75. The number of anilines is 1. The molecule has 26 heavy (non-hydrogen) atoms. The Labute approximate surface area is 161 Å². The minimum absolute atomic E-state index is 0.0524. The van der Waals surface area contributed by atoms with Crippen LogP contribution in [-0.4, -0.2) is 46.1 Å². The van der Waals surface area contributed by atoms with Gasteiger partial charge in [0.05, 0.1) is 6.54 Å². The molecule has 7 heteroatoms. The summed E-state index contributed by atoms with van der Waals surface area (Å²) in [5.74, 6) is 1.25. The fraction of sp³-hybridized carbons (Fsp3) is 0.421. The monoisotopic (exact) mass is 420 g/mol. The number of aryl methyl sites for hydroxylation is 2. The molecule has 2 heterocycles. The summed E-state index contributed by atoms with van der Waals surface area (Å²) in [6.45, 7) is 4.70. The first kappa shape index (κ1) is 18.8. The molecular weight excluding hydrogens is 399 g/mol.